The van der Waals surface area contributed by atoms with Crippen LogP contribution >= 0.6 is 0 Å². The number of hydrogen-bond donors (Lipinski definition) is 1. The maximum Gasteiger partial charge on any atom is 0.341 e. The van der Waals surface area contributed by atoms with Gasteiger partial charge >= 0.3 is 5.97 Å². The van der Waals surface area contributed by atoms with Gasteiger partial charge in [0.2, 0.25) is 10.0 Å². The molecule has 1 fully saturated rings. The van der Waals surface area contributed by atoms with Gasteiger partial charge in [0.25, 0.3) is 5.91 Å². The lowest BCUT2D eigenvalue weighted by Gasteiger charge is -2.32. The number of carbonyl (C=O) groups is 2. The third-order valence-corrected chi connectivity index (χ3v) is 7.48. The van der Waals surface area contributed by atoms with Gasteiger partial charge in [-0.1, -0.05) is 33.1 Å². The predicted molar refractivity (Wildman–Crippen MR) is 111 cm³/mol. The van der Waals surface area contributed by atoms with Gasteiger partial charge in [-0.3, -0.25) is 4.79 Å². The van der Waals surface area contributed by atoms with Crippen LogP contribution in [0.25, 0.3) is 0 Å². The van der Waals surface area contributed by atoms with Crippen LogP contribution in [0.1, 0.15) is 63.2 Å². The number of halogens is 1. The van der Waals surface area contributed by atoms with Crippen molar-refractivity contribution >= 4 is 21.9 Å². The van der Waals surface area contributed by atoms with Crippen LogP contribution in [0, 0.1) is 17.1 Å². The van der Waals surface area contributed by atoms with Crippen molar-refractivity contribution in [3.05, 3.63) is 29.6 Å². The number of carbonyl (C=O) groups excluding carboxylic acids is 2. The molecule has 1 saturated carbocycles. The molecule has 1 N–H and O–H groups in total. The molecule has 0 bridgehead atoms. The van der Waals surface area contributed by atoms with E-state index in [-0.39, 0.29) is 18.0 Å². The van der Waals surface area contributed by atoms with E-state index in [4.69, 9.17) is 4.74 Å². The number of amides is 1. The maximum atomic E-state index is 14.3. The molecular formula is C21H28FN3O5S. The molecule has 0 spiro atoms. The van der Waals surface area contributed by atoms with Gasteiger partial charge in [-0.2, -0.15) is 9.57 Å². The minimum Gasteiger partial charge on any atom is -0.449 e. The summed E-state index contributed by atoms with van der Waals surface area (Å²) in [6.45, 7) is 5.08. The van der Waals surface area contributed by atoms with E-state index in [2.05, 4.69) is 11.4 Å². The molecule has 10 heteroatoms. The summed E-state index contributed by atoms with van der Waals surface area (Å²) in [6.07, 6.45) is 2.32. The zero-order valence-corrected chi connectivity index (χ0v) is 18.8. The summed E-state index contributed by atoms with van der Waals surface area (Å²) in [5.74, 6) is -2.78. The third-order valence-electron chi connectivity index (χ3n) is 5.44. The molecule has 0 aliphatic heterocycles. The number of esters is 1. The van der Waals surface area contributed by atoms with Crippen molar-refractivity contribution < 1.29 is 27.1 Å². The normalized spacial score (nSPS) is 16.9. The van der Waals surface area contributed by atoms with E-state index >= 15 is 0 Å². The molecule has 31 heavy (non-hydrogen) atoms. The van der Waals surface area contributed by atoms with Crippen molar-refractivity contribution in [2.75, 3.05) is 13.1 Å². The minimum atomic E-state index is -3.91. The Balaban J connectivity index is 2.18. The van der Waals surface area contributed by atoms with Crippen molar-refractivity contribution in [3.8, 4) is 6.07 Å². The quantitative estimate of drug-likeness (QED) is 0.605. The Hall–Kier alpha value is -2.51. The molecule has 170 valence electrons. The van der Waals surface area contributed by atoms with Crippen LogP contribution in [0.3, 0.4) is 0 Å². The first kappa shape index (κ1) is 24.8. The highest BCUT2D eigenvalue weighted by atomic mass is 32.2. The van der Waals surface area contributed by atoms with Gasteiger partial charge in [0.1, 0.15) is 11.4 Å². The van der Waals surface area contributed by atoms with Crippen molar-refractivity contribution in [3.63, 3.8) is 0 Å². The summed E-state index contributed by atoms with van der Waals surface area (Å²) in [7, 11) is -3.91. The second-order valence-corrected chi connectivity index (χ2v) is 9.46. The van der Waals surface area contributed by atoms with E-state index in [0.29, 0.717) is 12.8 Å². The molecule has 0 unspecified atom stereocenters. The zero-order chi connectivity index (χ0) is 23.2. The Morgan fingerprint density at radius 2 is 1.87 bits per heavy atom. The van der Waals surface area contributed by atoms with E-state index in [0.717, 1.165) is 37.5 Å². The van der Waals surface area contributed by atoms with Crippen LogP contribution in [0.5, 0.6) is 0 Å². The average molecular weight is 454 g/mol. The molecule has 1 atom stereocenters. The molecule has 8 nitrogen and oxygen atoms in total. The van der Waals surface area contributed by atoms with Gasteiger partial charge in [-0.25, -0.2) is 17.6 Å². The van der Waals surface area contributed by atoms with Gasteiger partial charge in [0.15, 0.2) is 6.10 Å². The van der Waals surface area contributed by atoms with Crippen molar-refractivity contribution in [2.24, 2.45) is 0 Å². The Kier molecular flexibility index (Phi) is 8.14. The summed E-state index contributed by atoms with van der Waals surface area (Å²) in [4.78, 5) is 24.7. The molecule has 0 saturated heterocycles. The summed E-state index contributed by atoms with van der Waals surface area (Å²) in [5, 5.41) is 12.1. The fourth-order valence-corrected chi connectivity index (χ4v) is 5.05. The molecule has 1 aliphatic rings. The molecule has 1 aliphatic carbocycles. The second-order valence-electron chi connectivity index (χ2n) is 7.52. The van der Waals surface area contributed by atoms with Crippen molar-refractivity contribution in [1.82, 2.24) is 9.62 Å². The first-order valence-corrected chi connectivity index (χ1v) is 11.8. The van der Waals surface area contributed by atoms with E-state index in [9.17, 15) is 27.7 Å². The first-order valence-electron chi connectivity index (χ1n) is 10.3. The monoisotopic (exact) mass is 453 g/mol. The maximum absolute atomic E-state index is 14.3. The molecule has 0 heterocycles. The first-order chi connectivity index (χ1) is 14.6. The van der Waals surface area contributed by atoms with Crippen LogP contribution in [0.15, 0.2) is 23.1 Å². The van der Waals surface area contributed by atoms with Crippen molar-refractivity contribution in [2.45, 2.75) is 69.4 Å². The largest absolute Gasteiger partial charge is 0.449 e. The van der Waals surface area contributed by atoms with Gasteiger partial charge in [0, 0.05) is 13.1 Å². The average Bonchev–Trinajstić information content (AvgIpc) is 2.75. The van der Waals surface area contributed by atoms with E-state index in [1.165, 1.54) is 11.2 Å². The number of sulfonamides is 1. The van der Waals surface area contributed by atoms with Gasteiger partial charge in [-0.05, 0) is 38.0 Å². The van der Waals surface area contributed by atoms with Crippen LogP contribution in [-0.4, -0.2) is 49.3 Å². The molecule has 2 rings (SSSR count). The van der Waals surface area contributed by atoms with Crippen molar-refractivity contribution in [1.29, 1.82) is 5.26 Å². The summed E-state index contributed by atoms with van der Waals surface area (Å²) >= 11 is 0. The lowest BCUT2D eigenvalue weighted by Crippen LogP contribution is -2.52. The van der Waals surface area contributed by atoms with E-state index < -0.39 is 44.9 Å². The second kappa shape index (κ2) is 10.2. The fourth-order valence-electron chi connectivity index (χ4n) is 3.57. The molecule has 1 aromatic rings. The van der Waals surface area contributed by atoms with E-state index in [1.54, 1.807) is 13.8 Å². The number of benzene rings is 1. The smallest absolute Gasteiger partial charge is 0.341 e. The lowest BCUT2D eigenvalue weighted by molar-refractivity contribution is -0.130. The highest BCUT2D eigenvalue weighted by Crippen LogP contribution is 2.28. The van der Waals surface area contributed by atoms with Crippen LogP contribution in [-0.2, 0) is 19.6 Å². The summed E-state index contributed by atoms with van der Waals surface area (Å²) in [5.41, 5.74) is -1.58. The SMILES string of the molecule is CCN(CC)S(=O)(=O)c1ccc(F)c(C(=O)O[C@@H](C)C(=O)NC2(C#N)CCCCC2)c1. The third kappa shape index (κ3) is 5.60. The highest BCUT2D eigenvalue weighted by molar-refractivity contribution is 7.89. The minimum absolute atomic E-state index is 0.216. The fraction of sp³-hybridized carbons (Fsp3) is 0.571. The Bertz CT molecular complexity index is 964. The molecular weight excluding hydrogens is 425 g/mol. The number of rotatable bonds is 8. The molecule has 0 aromatic heterocycles. The van der Waals surface area contributed by atoms with E-state index in [1.807, 2.05) is 0 Å². The Morgan fingerprint density at radius 3 is 2.42 bits per heavy atom. The number of nitrogens with one attached hydrogen (secondary N) is 1. The number of nitriles is 1. The number of nitrogens with zero attached hydrogens (tertiary/aromatic N) is 2. The number of ether oxygens (including phenoxy) is 1. The molecule has 0 radical (unpaired) electrons. The Labute approximate surface area is 182 Å². The Morgan fingerprint density at radius 1 is 1.26 bits per heavy atom. The summed E-state index contributed by atoms with van der Waals surface area (Å²) < 4.78 is 45.8. The van der Waals surface area contributed by atoms with Gasteiger partial charge < -0.3 is 10.1 Å². The van der Waals surface area contributed by atoms with Gasteiger partial charge in [-0.15, -0.1) is 0 Å². The predicted octanol–water partition coefficient (Wildman–Crippen LogP) is 2.74. The zero-order valence-electron chi connectivity index (χ0n) is 18.0. The highest BCUT2D eigenvalue weighted by Gasteiger charge is 2.36. The van der Waals surface area contributed by atoms with Crippen LogP contribution in [0.4, 0.5) is 4.39 Å². The summed E-state index contributed by atoms with van der Waals surface area (Å²) in [6, 6.07) is 5.01. The lowest BCUT2D eigenvalue weighted by atomic mass is 9.83. The topological polar surface area (TPSA) is 117 Å². The molecule has 1 amide bonds. The van der Waals surface area contributed by atoms with Crippen LogP contribution in [0.2, 0.25) is 0 Å². The van der Waals surface area contributed by atoms with Gasteiger partial charge in [0.05, 0.1) is 16.5 Å². The number of hydrogen-bond acceptors (Lipinski definition) is 6. The van der Waals surface area contributed by atoms with Crippen LogP contribution < -0.4 is 5.32 Å². The standard InChI is InChI=1S/C21H28FN3O5S/c1-4-25(5-2)31(28,29)16-9-10-18(22)17(13-16)20(27)30-15(3)19(26)24-21(14-23)11-7-6-8-12-21/h9-10,13,15H,4-8,11-12H2,1-3H3,(H,24,26)/t15-/m0/s1. The molecule has 1 aromatic carbocycles.